The first-order valence-electron chi connectivity index (χ1n) is 8.35. The van der Waals surface area contributed by atoms with Crippen molar-refractivity contribution in [2.45, 2.75) is 6.92 Å². The Labute approximate surface area is 146 Å². The van der Waals surface area contributed by atoms with Gasteiger partial charge in [0.2, 0.25) is 0 Å². The Hall–Kier alpha value is -3.09. The lowest BCUT2D eigenvalue weighted by atomic mass is 10.2. The van der Waals surface area contributed by atoms with Crippen molar-refractivity contribution in [2.75, 3.05) is 41.3 Å². The molecule has 0 aliphatic carbocycles. The minimum Gasteiger partial charge on any atom is -0.368 e. The molecule has 1 N–H and O–H groups in total. The summed E-state index contributed by atoms with van der Waals surface area (Å²) in [6, 6.07) is 14.3. The van der Waals surface area contributed by atoms with E-state index in [1.165, 1.54) is 5.69 Å². The molecule has 0 radical (unpaired) electrons. The lowest BCUT2D eigenvalue weighted by Crippen LogP contribution is -2.46. The predicted molar refractivity (Wildman–Crippen MR) is 97.4 cm³/mol. The third kappa shape index (κ3) is 3.55. The van der Waals surface area contributed by atoms with Gasteiger partial charge in [-0.1, -0.05) is 23.4 Å². The van der Waals surface area contributed by atoms with E-state index in [0.717, 1.165) is 37.8 Å². The van der Waals surface area contributed by atoms with Crippen molar-refractivity contribution in [1.82, 2.24) is 15.1 Å². The fourth-order valence-electron chi connectivity index (χ4n) is 2.98. The summed E-state index contributed by atoms with van der Waals surface area (Å²) in [6.45, 7) is 5.65. The average molecular weight is 336 g/mol. The Morgan fingerprint density at radius 3 is 2.40 bits per heavy atom. The van der Waals surface area contributed by atoms with Gasteiger partial charge in [0.1, 0.15) is 23.7 Å². The van der Waals surface area contributed by atoms with Crippen LogP contribution in [0.4, 0.5) is 23.1 Å². The summed E-state index contributed by atoms with van der Waals surface area (Å²) in [4.78, 5) is 13.4. The lowest BCUT2D eigenvalue weighted by Gasteiger charge is -2.36. The van der Waals surface area contributed by atoms with Crippen molar-refractivity contribution in [1.29, 1.82) is 0 Å². The summed E-state index contributed by atoms with van der Waals surface area (Å²) >= 11 is 0. The molecule has 1 aliphatic rings. The van der Waals surface area contributed by atoms with Crippen LogP contribution in [-0.2, 0) is 0 Å². The first-order chi connectivity index (χ1) is 12.3. The molecule has 0 atom stereocenters. The zero-order chi connectivity index (χ0) is 17.1. The predicted octanol–water partition coefficient (Wildman–Crippen LogP) is 2.84. The van der Waals surface area contributed by atoms with Crippen LogP contribution in [0.1, 0.15) is 5.76 Å². The van der Waals surface area contributed by atoms with Gasteiger partial charge in [-0.25, -0.2) is 9.97 Å². The van der Waals surface area contributed by atoms with E-state index in [4.69, 9.17) is 4.52 Å². The average Bonchev–Trinajstić information content (AvgIpc) is 3.07. The van der Waals surface area contributed by atoms with Crippen molar-refractivity contribution in [2.24, 2.45) is 0 Å². The summed E-state index contributed by atoms with van der Waals surface area (Å²) < 4.78 is 5.07. The van der Waals surface area contributed by atoms with Crippen LogP contribution in [0.15, 0.2) is 53.3 Å². The Bertz CT molecular complexity index is 826. The second kappa shape index (κ2) is 6.80. The highest BCUT2D eigenvalue weighted by molar-refractivity contribution is 5.57. The van der Waals surface area contributed by atoms with E-state index in [2.05, 4.69) is 54.5 Å². The minimum absolute atomic E-state index is 0.649. The third-order valence-corrected chi connectivity index (χ3v) is 4.26. The molecule has 2 aromatic heterocycles. The van der Waals surface area contributed by atoms with Crippen LogP contribution in [0.25, 0.3) is 0 Å². The molecule has 1 fully saturated rings. The Balaban J connectivity index is 1.42. The summed E-state index contributed by atoms with van der Waals surface area (Å²) in [5.74, 6) is 3.04. The number of nitrogens with one attached hydrogen (secondary N) is 1. The number of rotatable bonds is 4. The van der Waals surface area contributed by atoms with E-state index in [0.29, 0.717) is 11.6 Å². The van der Waals surface area contributed by atoms with Crippen LogP contribution in [0.3, 0.4) is 0 Å². The van der Waals surface area contributed by atoms with Crippen molar-refractivity contribution in [3.05, 3.63) is 54.6 Å². The van der Waals surface area contributed by atoms with Gasteiger partial charge in [0.25, 0.3) is 0 Å². The van der Waals surface area contributed by atoms with Crippen molar-refractivity contribution >= 4 is 23.1 Å². The molecular formula is C18H20N6O. The van der Waals surface area contributed by atoms with E-state index in [1.807, 2.05) is 25.1 Å². The van der Waals surface area contributed by atoms with Gasteiger partial charge in [-0.2, -0.15) is 0 Å². The number of para-hydroxylation sites is 1. The molecule has 0 unspecified atom stereocenters. The molecule has 0 bridgehead atoms. The van der Waals surface area contributed by atoms with Gasteiger partial charge < -0.3 is 19.6 Å². The fourth-order valence-corrected chi connectivity index (χ4v) is 2.98. The summed E-state index contributed by atoms with van der Waals surface area (Å²) in [6.07, 6.45) is 1.58. The summed E-state index contributed by atoms with van der Waals surface area (Å²) in [5, 5.41) is 7.08. The summed E-state index contributed by atoms with van der Waals surface area (Å²) in [7, 11) is 0. The molecule has 4 rings (SSSR count). The van der Waals surface area contributed by atoms with Crippen molar-refractivity contribution in [3.63, 3.8) is 0 Å². The maximum absolute atomic E-state index is 5.07. The van der Waals surface area contributed by atoms with E-state index in [-0.39, 0.29) is 0 Å². The standard InChI is InChI=1S/C18H20N6O/c1-14-11-17(22-25-14)21-16-12-18(20-13-19-16)24-9-7-23(8-10-24)15-5-3-2-4-6-15/h2-6,11-13H,7-10H2,1H3,(H,19,20,21,22). The fraction of sp³-hybridized carbons (Fsp3) is 0.278. The van der Waals surface area contributed by atoms with Crippen LogP contribution in [-0.4, -0.2) is 41.3 Å². The Kier molecular flexibility index (Phi) is 4.20. The van der Waals surface area contributed by atoms with Crippen molar-refractivity contribution in [3.8, 4) is 0 Å². The van der Waals surface area contributed by atoms with Gasteiger partial charge in [0.15, 0.2) is 5.82 Å². The first kappa shape index (κ1) is 15.4. The van der Waals surface area contributed by atoms with E-state index in [1.54, 1.807) is 6.33 Å². The molecule has 0 saturated carbocycles. The van der Waals surface area contributed by atoms with Gasteiger partial charge in [-0.3, -0.25) is 0 Å². The van der Waals surface area contributed by atoms with Gasteiger partial charge >= 0.3 is 0 Å². The maximum atomic E-state index is 5.07. The number of nitrogens with zero attached hydrogens (tertiary/aromatic N) is 5. The van der Waals surface area contributed by atoms with Crippen molar-refractivity contribution < 1.29 is 4.52 Å². The van der Waals surface area contributed by atoms with Crippen LogP contribution >= 0.6 is 0 Å². The summed E-state index contributed by atoms with van der Waals surface area (Å²) in [5.41, 5.74) is 1.27. The van der Waals surface area contributed by atoms with Crippen LogP contribution in [0.2, 0.25) is 0 Å². The number of anilines is 4. The normalized spacial score (nSPS) is 14.6. The molecule has 25 heavy (non-hydrogen) atoms. The number of aromatic nitrogens is 3. The molecule has 1 aromatic carbocycles. The number of aryl methyl sites for hydroxylation is 1. The zero-order valence-electron chi connectivity index (χ0n) is 14.1. The largest absolute Gasteiger partial charge is 0.368 e. The quantitative estimate of drug-likeness (QED) is 0.785. The molecule has 7 heteroatoms. The zero-order valence-corrected chi connectivity index (χ0v) is 14.1. The Morgan fingerprint density at radius 2 is 1.68 bits per heavy atom. The van der Waals surface area contributed by atoms with Crippen LogP contribution in [0.5, 0.6) is 0 Å². The lowest BCUT2D eigenvalue weighted by molar-refractivity contribution is 0.400. The number of benzene rings is 1. The highest BCUT2D eigenvalue weighted by Gasteiger charge is 2.18. The van der Waals surface area contributed by atoms with Gasteiger partial charge in [-0.05, 0) is 19.1 Å². The molecule has 0 spiro atoms. The number of hydrogen-bond acceptors (Lipinski definition) is 7. The number of piperazine rings is 1. The topological polar surface area (TPSA) is 70.3 Å². The molecule has 0 amide bonds. The minimum atomic E-state index is 0.649. The monoisotopic (exact) mass is 336 g/mol. The van der Waals surface area contributed by atoms with Crippen LogP contribution < -0.4 is 15.1 Å². The van der Waals surface area contributed by atoms with E-state index >= 15 is 0 Å². The van der Waals surface area contributed by atoms with Gasteiger partial charge in [-0.15, -0.1) is 0 Å². The Morgan fingerprint density at radius 1 is 0.920 bits per heavy atom. The van der Waals surface area contributed by atoms with Crippen LogP contribution in [0, 0.1) is 6.92 Å². The molecule has 1 aliphatic heterocycles. The SMILES string of the molecule is Cc1cc(Nc2cc(N3CCN(c4ccccc4)CC3)ncn2)no1. The molecule has 1 saturated heterocycles. The molecule has 128 valence electrons. The van der Waals surface area contributed by atoms with E-state index < -0.39 is 0 Å². The second-order valence-electron chi connectivity index (χ2n) is 6.02. The molecule has 7 nitrogen and oxygen atoms in total. The number of hydrogen-bond donors (Lipinski definition) is 1. The highest BCUT2D eigenvalue weighted by atomic mass is 16.5. The first-order valence-corrected chi connectivity index (χ1v) is 8.35. The third-order valence-electron chi connectivity index (χ3n) is 4.26. The van der Waals surface area contributed by atoms with Gasteiger partial charge in [0, 0.05) is 44.0 Å². The molecule has 3 aromatic rings. The molecule has 3 heterocycles. The van der Waals surface area contributed by atoms with Gasteiger partial charge in [0.05, 0.1) is 0 Å². The maximum Gasteiger partial charge on any atom is 0.175 e. The molecular weight excluding hydrogens is 316 g/mol. The smallest absolute Gasteiger partial charge is 0.175 e. The highest BCUT2D eigenvalue weighted by Crippen LogP contribution is 2.21. The van der Waals surface area contributed by atoms with E-state index in [9.17, 15) is 0 Å². The second-order valence-corrected chi connectivity index (χ2v) is 6.02.